The minimum Gasteiger partial charge on any atom is -0.308 e. The van der Waals surface area contributed by atoms with Crippen LogP contribution in [0.5, 0.6) is 0 Å². The summed E-state index contributed by atoms with van der Waals surface area (Å²) < 4.78 is 2.27. The molecule has 3 nitrogen and oxygen atoms in total. The second kappa shape index (κ2) is 9.01. The first kappa shape index (κ1) is 23.7. The van der Waals surface area contributed by atoms with E-state index < -0.39 is 0 Å². The lowest BCUT2D eigenvalue weighted by Crippen LogP contribution is -1.94. The highest BCUT2D eigenvalue weighted by molar-refractivity contribution is 6.29. The van der Waals surface area contributed by atoms with Crippen LogP contribution in [0.15, 0.2) is 140 Å². The van der Waals surface area contributed by atoms with Gasteiger partial charge in [0, 0.05) is 17.0 Å². The summed E-state index contributed by atoms with van der Waals surface area (Å²) in [6.07, 6.45) is 3.70. The highest BCUT2D eigenvalue weighted by Crippen LogP contribution is 2.46. The van der Waals surface area contributed by atoms with Crippen LogP contribution in [0.3, 0.4) is 0 Å². The van der Waals surface area contributed by atoms with Gasteiger partial charge >= 0.3 is 0 Å². The molecule has 7 aromatic carbocycles. The highest BCUT2D eigenvalue weighted by Gasteiger charge is 2.21. The summed E-state index contributed by atoms with van der Waals surface area (Å²) in [5.74, 6) is 0. The van der Waals surface area contributed by atoms with Gasteiger partial charge in [0.2, 0.25) is 0 Å². The zero-order valence-electron chi connectivity index (χ0n) is 23.1. The molecular formula is C40H23N3. The third kappa shape index (κ3) is 3.32. The third-order valence-electron chi connectivity index (χ3n) is 8.89. The Morgan fingerprint density at radius 2 is 1.09 bits per heavy atom. The van der Waals surface area contributed by atoms with Gasteiger partial charge < -0.3 is 4.57 Å². The smallest absolute Gasteiger partial charge is 0.195 e. The van der Waals surface area contributed by atoms with E-state index in [0.29, 0.717) is 5.69 Å². The Bertz CT molecular complexity index is 2560. The molecule has 0 amide bonds. The number of benzene rings is 7. The zero-order chi connectivity index (χ0) is 28.5. The first-order valence-electron chi connectivity index (χ1n) is 14.4. The fraction of sp³-hybridized carbons (Fsp3) is 0. The van der Waals surface area contributed by atoms with E-state index in [4.69, 9.17) is 6.57 Å². The molecule has 0 spiro atoms. The normalized spacial score (nSPS) is 11.7. The van der Waals surface area contributed by atoms with Crippen LogP contribution in [0, 0.1) is 6.57 Å². The molecule has 0 radical (unpaired) electrons. The second-order valence-electron chi connectivity index (χ2n) is 11.0. The van der Waals surface area contributed by atoms with Crippen LogP contribution in [-0.2, 0) is 0 Å². The Morgan fingerprint density at radius 3 is 1.84 bits per heavy atom. The van der Waals surface area contributed by atoms with E-state index in [9.17, 15) is 0 Å². The van der Waals surface area contributed by atoms with Crippen LogP contribution in [0.2, 0.25) is 0 Å². The minimum atomic E-state index is 0.676. The molecule has 2 aromatic heterocycles. The van der Waals surface area contributed by atoms with Crippen molar-refractivity contribution < 1.29 is 0 Å². The third-order valence-corrected chi connectivity index (χ3v) is 8.89. The number of hydrogen-bond acceptors (Lipinski definition) is 1. The van der Waals surface area contributed by atoms with Crippen molar-refractivity contribution in [1.29, 1.82) is 0 Å². The lowest BCUT2D eigenvalue weighted by molar-refractivity contribution is 1.14. The summed E-state index contributed by atoms with van der Waals surface area (Å²) in [5.41, 5.74) is 8.76. The number of nitrogens with zero attached hydrogens (tertiary/aromatic N) is 3. The van der Waals surface area contributed by atoms with Crippen LogP contribution < -0.4 is 0 Å². The Balaban J connectivity index is 1.36. The molecule has 0 unspecified atom stereocenters. The van der Waals surface area contributed by atoms with Gasteiger partial charge in [0.15, 0.2) is 5.69 Å². The van der Waals surface area contributed by atoms with Crippen LogP contribution >= 0.6 is 0 Å². The summed E-state index contributed by atoms with van der Waals surface area (Å²) >= 11 is 0. The van der Waals surface area contributed by atoms with E-state index in [0.717, 1.165) is 27.5 Å². The van der Waals surface area contributed by atoms with Crippen molar-refractivity contribution in [1.82, 2.24) is 9.55 Å². The molecule has 3 heteroatoms. The molecule has 0 fully saturated rings. The Labute approximate surface area is 248 Å². The molecule has 0 saturated carbocycles. The van der Waals surface area contributed by atoms with Crippen molar-refractivity contribution in [2.24, 2.45) is 0 Å². The van der Waals surface area contributed by atoms with Crippen LogP contribution in [-0.4, -0.2) is 9.55 Å². The molecular weight excluding hydrogens is 522 g/mol. The van der Waals surface area contributed by atoms with Gasteiger partial charge in [-0.1, -0.05) is 103 Å². The average molecular weight is 546 g/mol. The van der Waals surface area contributed by atoms with E-state index in [1.54, 1.807) is 6.20 Å². The molecule has 0 N–H and O–H groups in total. The summed E-state index contributed by atoms with van der Waals surface area (Å²) in [4.78, 5) is 8.28. The molecule has 0 aliphatic rings. The Kier molecular flexibility index (Phi) is 4.97. The van der Waals surface area contributed by atoms with Crippen molar-refractivity contribution in [2.75, 3.05) is 0 Å². The number of rotatable bonds is 3. The standard InChI is InChI=1S/C40H23N3/c1-41-36-20-22-38-40-35(36)18-17-34-33(19-21-37(39(34)40)43(38)26-10-7-23-42-24-26)32-16-15-31(29-12-4-5-13-30(29)32)28-14-6-9-25-8-2-3-11-27(25)28/h2-24H. The Morgan fingerprint density at radius 1 is 0.488 bits per heavy atom. The van der Waals surface area contributed by atoms with Gasteiger partial charge in [0.25, 0.3) is 0 Å². The molecule has 0 saturated heterocycles. The fourth-order valence-corrected chi connectivity index (χ4v) is 7.07. The number of pyridine rings is 1. The summed E-state index contributed by atoms with van der Waals surface area (Å²) in [5, 5.41) is 9.44. The summed E-state index contributed by atoms with van der Waals surface area (Å²) in [6.45, 7) is 7.85. The number of aromatic nitrogens is 2. The van der Waals surface area contributed by atoms with Gasteiger partial charge in [-0.3, -0.25) is 4.98 Å². The van der Waals surface area contributed by atoms with E-state index >= 15 is 0 Å². The quantitative estimate of drug-likeness (QED) is 0.160. The van der Waals surface area contributed by atoms with Crippen molar-refractivity contribution >= 4 is 59.8 Å². The van der Waals surface area contributed by atoms with E-state index in [1.807, 2.05) is 18.3 Å². The molecule has 0 atom stereocenters. The highest BCUT2D eigenvalue weighted by atomic mass is 15.0. The molecule has 9 rings (SSSR count). The fourth-order valence-electron chi connectivity index (χ4n) is 7.07. The number of hydrogen-bond donors (Lipinski definition) is 0. The molecule has 9 aromatic rings. The van der Waals surface area contributed by atoms with Crippen LogP contribution in [0.4, 0.5) is 5.69 Å². The molecule has 0 bridgehead atoms. The van der Waals surface area contributed by atoms with Crippen molar-refractivity contribution in [3.63, 3.8) is 0 Å². The van der Waals surface area contributed by atoms with Gasteiger partial charge in [-0.05, 0) is 78.8 Å². The second-order valence-corrected chi connectivity index (χ2v) is 11.0. The topological polar surface area (TPSA) is 22.2 Å². The monoisotopic (exact) mass is 545 g/mol. The van der Waals surface area contributed by atoms with Gasteiger partial charge in [0.1, 0.15) is 0 Å². The SMILES string of the molecule is [C-]#[N+]c1ccc2c3c1ccc1c(-c4ccc(-c5cccc6ccccc56)c5ccccc45)ccc(c13)n2-c1cccnc1. The average Bonchev–Trinajstić information content (AvgIpc) is 3.42. The molecule has 198 valence electrons. The lowest BCUT2D eigenvalue weighted by atomic mass is 9.88. The largest absolute Gasteiger partial charge is 0.308 e. The summed E-state index contributed by atoms with van der Waals surface area (Å²) in [7, 11) is 0. The first-order valence-corrected chi connectivity index (χ1v) is 14.4. The summed E-state index contributed by atoms with van der Waals surface area (Å²) in [6, 6.07) is 45.4. The van der Waals surface area contributed by atoms with Gasteiger partial charge in [-0.15, -0.1) is 0 Å². The predicted octanol–water partition coefficient (Wildman–Crippen LogP) is 11.0. The molecule has 0 aliphatic carbocycles. The van der Waals surface area contributed by atoms with Crippen molar-refractivity contribution in [3.8, 4) is 27.9 Å². The maximum atomic E-state index is 7.85. The van der Waals surface area contributed by atoms with Crippen LogP contribution in [0.1, 0.15) is 0 Å². The zero-order valence-corrected chi connectivity index (χ0v) is 23.1. The maximum Gasteiger partial charge on any atom is 0.195 e. The molecule has 0 aliphatic heterocycles. The van der Waals surface area contributed by atoms with Gasteiger partial charge in [-0.25, -0.2) is 4.85 Å². The first-order chi connectivity index (χ1) is 21.3. The van der Waals surface area contributed by atoms with E-state index in [1.165, 1.54) is 54.6 Å². The van der Waals surface area contributed by atoms with E-state index in [2.05, 4.69) is 130 Å². The molecule has 43 heavy (non-hydrogen) atoms. The van der Waals surface area contributed by atoms with Crippen molar-refractivity contribution in [3.05, 3.63) is 151 Å². The van der Waals surface area contributed by atoms with E-state index in [-0.39, 0.29) is 0 Å². The number of fused-ring (bicyclic) bond motifs is 2. The van der Waals surface area contributed by atoms with Crippen LogP contribution in [0.25, 0.3) is 86.9 Å². The van der Waals surface area contributed by atoms with Crippen molar-refractivity contribution in [2.45, 2.75) is 0 Å². The van der Waals surface area contributed by atoms with Gasteiger partial charge in [0.05, 0.1) is 29.5 Å². The minimum absolute atomic E-state index is 0.676. The van der Waals surface area contributed by atoms with Gasteiger partial charge in [-0.2, -0.15) is 0 Å². The predicted molar refractivity (Wildman–Crippen MR) is 179 cm³/mol. The lowest BCUT2D eigenvalue weighted by Gasteiger charge is -2.16. The Hall–Kier alpha value is -5.98. The molecule has 2 heterocycles. The maximum absolute atomic E-state index is 7.85.